The van der Waals surface area contributed by atoms with Gasteiger partial charge in [0.15, 0.2) is 0 Å². The van der Waals surface area contributed by atoms with Crippen molar-refractivity contribution in [1.82, 2.24) is 5.32 Å². The second-order valence-corrected chi connectivity index (χ2v) is 5.45. The summed E-state index contributed by atoms with van der Waals surface area (Å²) in [6.07, 6.45) is 7.02. The quantitative estimate of drug-likeness (QED) is 0.811. The van der Waals surface area contributed by atoms with Crippen molar-refractivity contribution in [2.75, 3.05) is 13.6 Å². The Hall–Kier alpha value is -0.820. The van der Waals surface area contributed by atoms with Crippen LogP contribution in [0.1, 0.15) is 49.1 Å². The van der Waals surface area contributed by atoms with Crippen LogP contribution in [0.2, 0.25) is 0 Å². The summed E-state index contributed by atoms with van der Waals surface area (Å²) >= 11 is 0. The van der Waals surface area contributed by atoms with E-state index >= 15 is 0 Å². The number of aryl methyl sites for hydroxylation is 1. The Morgan fingerprint density at radius 1 is 1.18 bits per heavy atom. The monoisotopic (exact) mass is 231 g/mol. The number of nitrogens with one attached hydrogen (secondary N) is 1. The van der Waals surface area contributed by atoms with Crippen molar-refractivity contribution in [1.29, 1.82) is 0 Å². The van der Waals surface area contributed by atoms with Crippen LogP contribution >= 0.6 is 0 Å². The Bertz CT molecular complexity index is 322. The van der Waals surface area contributed by atoms with E-state index in [9.17, 15) is 0 Å². The van der Waals surface area contributed by atoms with Crippen molar-refractivity contribution in [3.05, 3.63) is 35.4 Å². The predicted molar refractivity (Wildman–Crippen MR) is 74.4 cm³/mol. The molecule has 1 aromatic rings. The second kappa shape index (κ2) is 6.20. The fourth-order valence-corrected chi connectivity index (χ4v) is 3.15. The zero-order valence-corrected chi connectivity index (χ0v) is 11.2. The maximum Gasteiger partial charge on any atom is -0.00460 e. The van der Waals surface area contributed by atoms with Crippen molar-refractivity contribution < 1.29 is 0 Å². The molecule has 1 nitrogen and oxygen atoms in total. The zero-order valence-electron chi connectivity index (χ0n) is 11.2. The molecule has 0 bridgehead atoms. The van der Waals surface area contributed by atoms with Gasteiger partial charge in [-0.3, -0.25) is 0 Å². The smallest absolute Gasteiger partial charge is 0.00460 e. The van der Waals surface area contributed by atoms with E-state index in [0.29, 0.717) is 0 Å². The van der Waals surface area contributed by atoms with Gasteiger partial charge in [-0.25, -0.2) is 0 Å². The van der Waals surface area contributed by atoms with Crippen LogP contribution in [0.3, 0.4) is 0 Å². The van der Waals surface area contributed by atoms with Crippen LogP contribution in [0.5, 0.6) is 0 Å². The number of benzene rings is 1. The van der Waals surface area contributed by atoms with E-state index in [4.69, 9.17) is 0 Å². The molecule has 1 aliphatic rings. The molecule has 1 aliphatic carbocycles. The minimum absolute atomic E-state index is 0.769. The van der Waals surface area contributed by atoms with E-state index in [1.807, 2.05) is 0 Å². The molecule has 17 heavy (non-hydrogen) atoms. The van der Waals surface area contributed by atoms with Gasteiger partial charge in [0.1, 0.15) is 0 Å². The van der Waals surface area contributed by atoms with Crippen molar-refractivity contribution in [3.8, 4) is 0 Å². The van der Waals surface area contributed by atoms with Gasteiger partial charge in [0, 0.05) is 0 Å². The molecule has 2 rings (SSSR count). The summed E-state index contributed by atoms with van der Waals surface area (Å²) in [6.45, 7) is 3.30. The molecule has 0 aliphatic heterocycles. The Kier molecular flexibility index (Phi) is 4.61. The predicted octanol–water partition coefficient (Wildman–Crippen LogP) is 3.88. The molecule has 0 spiro atoms. The first-order chi connectivity index (χ1) is 8.31. The van der Waals surface area contributed by atoms with E-state index in [2.05, 4.69) is 43.6 Å². The van der Waals surface area contributed by atoms with Crippen LogP contribution in [-0.2, 0) is 0 Å². The van der Waals surface area contributed by atoms with E-state index in [1.54, 1.807) is 5.56 Å². The molecule has 0 saturated heterocycles. The molecule has 1 unspecified atom stereocenters. The van der Waals surface area contributed by atoms with Gasteiger partial charge in [0.2, 0.25) is 0 Å². The van der Waals surface area contributed by atoms with Crippen molar-refractivity contribution in [2.45, 2.75) is 44.9 Å². The van der Waals surface area contributed by atoms with Crippen LogP contribution in [0.25, 0.3) is 0 Å². The maximum atomic E-state index is 3.30. The lowest BCUT2D eigenvalue weighted by atomic mass is 9.82. The third kappa shape index (κ3) is 3.32. The van der Waals surface area contributed by atoms with Crippen molar-refractivity contribution in [2.24, 2.45) is 5.92 Å². The highest BCUT2D eigenvalue weighted by molar-refractivity contribution is 5.25. The molecule has 0 amide bonds. The van der Waals surface area contributed by atoms with Gasteiger partial charge >= 0.3 is 0 Å². The summed E-state index contributed by atoms with van der Waals surface area (Å²) in [6, 6.07) is 9.20. The molecule has 0 heterocycles. The first-order valence-corrected chi connectivity index (χ1v) is 7.02. The Labute approximate surface area is 106 Å². The SMILES string of the molecule is CNCCC(c1ccc(C)cc1)C1CCCC1. The Morgan fingerprint density at radius 2 is 1.82 bits per heavy atom. The lowest BCUT2D eigenvalue weighted by Crippen LogP contribution is -2.17. The molecule has 1 saturated carbocycles. The standard InChI is InChI=1S/C16H25N/c1-13-7-9-15(10-8-13)16(11-12-17-2)14-5-3-4-6-14/h7-10,14,16-17H,3-6,11-12H2,1-2H3. The maximum absolute atomic E-state index is 3.30. The molecule has 0 radical (unpaired) electrons. The lowest BCUT2D eigenvalue weighted by molar-refractivity contribution is 0.407. The van der Waals surface area contributed by atoms with Crippen molar-refractivity contribution in [3.63, 3.8) is 0 Å². The molecule has 1 atom stereocenters. The summed E-state index contributed by atoms with van der Waals surface area (Å²) in [5.41, 5.74) is 2.92. The first kappa shape index (κ1) is 12.6. The lowest BCUT2D eigenvalue weighted by Gasteiger charge is -2.24. The number of hydrogen-bond acceptors (Lipinski definition) is 1. The van der Waals surface area contributed by atoms with Gasteiger partial charge in [0.25, 0.3) is 0 Å². The first-order valence-electron chi connectivity index (χ1n) is 7.02. The van der Waals surface area contributed by atoms with Gasteiger partial charge in [-0.05, 0) is 57.2 Å². The van der Waals surface area contributed by atoms with Gasteiger partial charge in [-0.1, -0.05) is 42.7 Å². The minimum Gasteiger partial charge on any atom is -0.320 e. The van der Waals surface area contributed by atoms with E-state index in [-0.39, 0.29) is 0 Å². The average molecular weight is 231 g/mol. The molecular formula is C16H25N. The summed E-state index contributed by atoms with van der Waals surface area (Å²) in [7, 11) is 2.06. The summed E-state index contributed by atoms with van der Waals surface area (Å²) in [5.74, 6) is 1.69. The molecule has 94 valence electrons. The molecule has 1 aromatic carbocycles. The number of hydrogen-bond donors (Lipinski definition) is 1. The van der Waals surface area contributed by atoms with Crippen LogP contribution in [0.15, 0.2) is 24.3 Å². The third-order valence-corrected chi connectivity index (χ3v) is 4.18. The summed E-state index contributed by atoms with van der Waals surface area (Å²) in [4.78, 5) is 0. The molecular weight excluding hydrogens is 206 g/mol. The molecule has 0 aromatic heterocycles. The van der Waals surface area contributed by atoms with Gasteiger partial charge in [0.05, 0.1) is 0 Å². The molecule has 1 fully saturated rings. The van der Waals surface area contributed by atoms with Crippen LogP contribution in [0, 0.1) is 12.8 Å². The Balaban J connectivity index is 2.10. The van der Waals surface area contributed by atoms with E-state index in [1.165, 1.54) is 37.7 Å². The highest BCUT2D eigenvalue weighted by atomic mass is 14.8. The van der Waals surface area contributed by atoms with Crippen LogP contribution < -0.4 is 5.32 Å². The van der Waals surface area contributed by atoms with E-state index < -0.39 is 0 Å². The topological polar surface area (TPSA) is 12.0 Å². The minimum atomic E-state index is 0.769. The molecule has 1 N–H and O–H groups in total. The van der Waals surface area contributed by atoms with Crippen LogP contribution in [-0.4, -0.2) is 13.6 Å². The fourth-order valence-electron chi connectivity index (χ4n) is 3.15. The summed E-state index contributed by atoms with van der Waals surface area (Å²) in [5, 5.41) is 3.30. The number of rotatable bonds is 5. The third-order valence-electron chi connectivity index (χ3n) is 4.18. The largest absolute Gasteiger partial charge is 0.320 e. The highest BCUT2D eigenvalue weighted by Gasteiger charge is 2.25. The fraction of sp³-hybridized carbons (Fsp3) is 0.625. The van der Waals surface area contributed by atoms with Gasteiger partial charge in [-0.15, -0.1) is 0 Å². The average Bonchev–Trinajstić information content (AvgIpc) is 2.85. The zero-order chi connectivity index (χ0) is 12.1. The summed E-state index contributed by atoms with van der Waals surface area (Å²) < 4.78 is 0. The Morgan fingerprint density at radius 3 is 2.41 bits per heavy atom. The van der Waals surface area contributed by atoms with E-state index in [0.717, 1.165) is 18.4 Å². The van der Waals surface area contributed by atoms with Crippen molar-refractivity contribution >= 4 is 0 Å². The normalized spacial score (nSPS) is 18.5. The second-order valence-electron chi connectivity index (χ2n) is 5.45. The highest BCUT2D eigenvalue weighted by Crippen LogP contribution is 2.39. The van der Waals surface area contributed by atoms with Gasteiger partial charge < -0.3 is 5.32 Å². The molecule has 1 heteroatoms. The van der Waals surface area contributed by atoms with Gasteiger partial charge in [-0.2, -0.15) is 0 Å². The van der Waals surface area contributed by atoms with Crippen LogP contribution in [0.4, 0.5) is 0 Å².